The third kappa shape index (κ3) is 3.26. The highest BCUT2D eigenvalue weighted by atomic mass is 16.2. The van der Waals surface area contributed by atoms with Gasteiger partial charge in [0.2, 0.25) is 5.91 Å². The molecule has 3 N–H and O–H groups in total. The highest BCUT2D eigenvalue weighted by Crippen LogP contribution is 2.10. The van der Waals surface area contributed by atoms with E-state index in [1.165, 1.54) is 0 Å². The molecule has 0 aliphatic heterocycles. The first-order valence-corrected chi connectivity index (χ1v) is 4.91. The third-order valence-electron chi connectivity index (χ3n) is 2.05. The predicted molar refractivity (Wildman–Crippen MR) is 65.8 cm³/mol. The molecule has 0 radical (unpaired) electrons. The van der Waals surface area contributed by atoms with Crippen molar-refractivity contribution in [3.8, 4) is 12.3 Å². The molecule has 1 aromatic rings. The maximum Gasteiger partial charge on any atom is 0.241 e. The second kappa shape index (κ2) is 5.74. The molecule has 1 amide bonds. The highest BCUT2D eigenvalue weighted by molar-refractivity contribution is 5.94. The average molecular weight is 214 g/mol. The number of rotatable bonds is 4. The Kier molecular flexibility index (Phi) is 4.31. The summed E-state index contributed by atoms with van der Waals surface area (Å²) in [4.78, 5) is 11.6. The van der Waals surface area contributed by atoms with E-state index < -0.39 is 6.04 Å². The molecule has 0 aliphatic carbocycles. The standard InChI is InChI=1S/C13H14N2O/c1-3-6-12(14)13(16)15-11-8-5-7-10(4-2)9-11/h2-3,5,7-9,12H,1,6,14H2,(H,15,16). The Balaban J connectivity index is 2.69. The summed E-state index contributed by atoms with van der Waals surface area (Å²) in [5, 5.41) is 2.69. The van der Waals surface area contributed by atoms with E-state index >= 15 is 0 Å². The Bertz CT molecular complexity index is 432. The maximum atomic E-state index is 11.6. The van der Waals surface area contributed by atoms with Crippen molar-refractivity contribution in [3.63, 3.8) is 0 Å². The van der Waals surface area contributed by atoms with Crippen molar-refractivity contribution >= 4 is 11.6 Å². The fraction of sp³-hybridized carbons (Fsp3) is 0.154. The largest absolute Gasteiger partial charge is 0.325 e. The monoisotopic (exact) mass is 214 g/mol. The van der Waals surface area contributed by atoms with Crippen LogP contribution < -0.4 is 11.1 Å². The van der Waals surface area contributed by atoms with Crippen molar-refractivity contribution in [2.75, 3.05) is 5.32 Å². The molecule has 0 aliphatic rings. The summed E-state index contributed by atoms with van der Waals surface area (Å²) in [7, 11) is 0. The van der Waals surface area contributed by atoms with E-state index in [9.17, 15) is 4.79 Å². The Morgan fingerprint density at radius 1 is 1.69 bits per heavy atom. The van der Waals surface area contributed by atoms with Gasteiger partial charge in [0.25, 0.3) is 0 Å². The van der Waals surface area contributed by atoms with Gasteiger partial charge in [0.05, 0.1) is 6.04 Å². The van der Waals surface area contributed by atoms with Crippen LogP contribution in [-0.2, 0) is 4.79 Å². The van der Waals surface area contributed by atoms with Gasteiger partial charge in [-0.1, -0.05) is 18.1 Å². The van der Waals surface area contributed by atoms with E-state index in [-0.39, 0.29) is 5.91 Å². The summed E-state index contributed by atoms with van der Waals surface area (Å²) in [6.45, 7) is 3.53. The number of nitrogens with two attached hydrogens (primary N) is 1. The van der Waals surface area contributed by atoms with Crippen LogP contribution in [0.4, 0.5) is 5.69 Å². The Morgan fingerprint density at radius 3 is 3.06 bits per heavy atom. The molecular formula is C13H14N2O. The molecule has 1 rings (SSSR count). The van der Waals surface area contributed by atoms with Crippen molar-refractivity contribution < 1.29 is 4.79 Å². The number of carbonyl (C=O) groups is 1. The first-order chi connectivity index (χ1) is 7.67. The van der Waals surface area contributed by atoms with E-state index in [1.807, 2.05) is 0 Å². The summed E-state index contributed by atoms with van der Waals surface area (Å²) in [5.41, 5.74) is 6.99. The summed E-state index contributed by atoms with van der Waals surface area (Å²) in [5.74, 6) is 2.25. The molecule has 3 nitrogen and oxygen atoms in total. The molecule has 16 heavy (non-hydrogen) atoms. The van der Waals surface area contributed by atoms with Gasteiger partial charge >= 0.3 is 0 Å². The molecule has 1 unspecified atom stereocenters. The van der Waals surface area contributed by atoms with E-state index in [0.29, 0.717) is 12.1 Å². The fourth-order valence-corrected chi connectivity index (χ4v) is 1.21. The van der Waals surface area contributed by atoms with E-state index in [1.54, 1.807) is 30.3 Å². The van der Waals surface area contributed by atoms with Gasteiger partial charge in [-0.3, -0.25) is 4.79 Å². The van der Waals surface area contributed by atoms with E-state index in [0.717, 1.165) is 5.56 Å². The molecule has 3 heteroatoms. The number of carbonyl (C=O) groups excluding carboxylic acids is 1. The third-order valence-corrected chi connectivity index (χ3v) is 2.05. The van der Waals surface area contributed by atoms with Gasteiger partial charge in [0.15, 0.2) is 0 Å². The van der Waals surface area contributed by atoms with Crippen molar-refractivity contribution in [1.29, 1.82) is 0 Å². The number of hydrogen-bond donors (Lipinski definition) is 2. The van der Waals surface area contributed by atoms with Crippen molar-refractivity contribution in [2.45, 2.75) is 12.5 Å². The molecular weight excluding hydrogens is 200 g/mol. The minimum atomic E-state index is -0.577. The summed E-state index contributed by atoms with van der Waals surface area (Å²) in [6, 6.07) is 6.48. The van der Waals surface area contributed by atoms with Crippen molar-refractivity contribution in [3.05, 3.63) is 42.5 Å². The molecule has 0 saturated carbocycles. The normalized spacial score (nSPS) is 11.2. The lowest BCUT2D eigenvalue weighted by atomic mass is 10.2. The van der Waals surface area contributed by atoms with E-state index in [4.69, 9.17) is 12.2 Å². The first kappa shape index (κ1) is 12.0. The lowest BCUT2D eigenvalue weighted by Gasteiger charge is -2.10. The zero-order valence-electron chi connectivity index (χ0n) is 8.94. The smallest absolute Gasteiger partial charge is 0.241 e. The summed E-state index contributed by atoms with van der Waals surface area (Å²) >= 11 is 0. The van der Waals surface area contributed by atoms with Crippen LogP contribution in [0.15, 0.2) is 36.9 Å². The molecule has 1 atom stereocenters. The summed E-state index contributed by atoms with van der Waals surface area (Å²) in [6.07, 6.45) is 7.31. The van der Waals surface area contributed by atoms with Crippen LogP contribution in [-0.4, -0.2) is 11.9 Å². The zero-order chi connectivity index (χ0) is 12.0. The van der Waals surface area contributed by atoms with Crippen LogP contribution in [0.1, 0.15) is 12.0 Å². The van der Waals surface area contributed by atoms with Gasteiger partial charge in [0.1, 0.15) is 0 Å². The predicted octanol–water partition coefficient (Wildman–Crippen LogP) is 1.51. The maximum absolute atomic E-state index is 11.6. The minimum absolute atomic E-state index is 0.242. The summed E-state index contributed by atoms with van der Waals surface area (Å²) < 4.78 is 0. The molecule has 0 heterocycles. The first-order valence-electron chi connectivity index (χ1n) is 4.91. The number of anilines is 1. The molecule has 0 spiro atoms. The number of hydrogen-bond acceptors (Lipinski definition) is 2. The molecule has 0 saturated heterocycles. The van der Waals surface area contributed by atoms with Crippen LogP contribution in [0.2, 0.25) is 0 Å². The van der Waals surface area contributed by atoms with Crippen LogP contribution in [0.3, 0.4) is 0 Å². The van der Waals surface area contributed by atoms with Gasteiger partial charge in [-0.05, 0) is 24.6 Å². The van der Waals surface area contributed by atoms with Crippen molar-refractivity contribution in [2.24, 2.45) is 5.73 Å². The number of amides is 1. The SMILES string of the molecule is C#Cc1cccc(NC(=O)C(N)CC=C)c1. The average Bonchev–Trinajstić information content (AvgIpc) is 2.29. The second-order valence-electron chi connectivity index (χ2n) is 3.35. The van der Waals surface area contributed by atoms with Crippen LogP contribution in [0, 0.1) is 12.3 Å². The number of nitrogens with one attached hydrogen (secondary N) is 1. The Labute approximate surface area is 95.3 Å². The van der Waals surface area contributed by atoms with Gasteiger partial charge in [-0.2, -0.15) is 0 Å². The topological polar surface area (TPSA) is 55.1 Å². The minimum Gasteiger partial charge on any atom is -0.325 e. The molecule has 0 aromatic heterocycles. The van der Waals surface area contributed by atoms with Crippen LogP contribution >= 0.6 is 0 Å². The van der Waals surface area contributed by atoms with Gasteiger partial charge in [-0.25, -0.2) is 0 Å². The second-order valence-corrected chi connectivity index (χ2v) is 3.35. The highest BCUT2D eigenvalue weighted by Gasteiger charge is 2.11. The lowest BCUT2D eigenvalue weighted by molar-refractivity contribution is -0.117. The van der Waals surface area contributed by atoms with Crippen molar-refractivity contribution in [1.82, 2.24) is 0 Å². The molecule has 0 fully saturated rings. The van der Waals surface area contributed by atoms with Gasteiger partial charge in [0, 0.05) is 11.3 Å². The number of benzene rings is 1. The fourth-order valence-electron chi connectivity index (χ4n) is 1.21. The molecule has 82 valence electrons. The molecule has 1 aromatic carbocycles. The van der Waals surface area contributed by atoms with Crippen LogP contribution in [0.5, 0.6) is 0 Å². The lowest BCUT2D eigenvalue weighted by Crippen LogP contribution is -2.35. The Hall–Kier alpha value is -2.05. The zero-order valence-corrected chi connectivity index (χ0v) is 8.94. The quantitative estimate of drug-likeness (QED) is 0.589. The van der Waals surface area contributed by atoms with Crippen LogP contribution in [0.25, 0.3) is 0 Å². The number of terminal acetylenes is 1. The Morgan fingerprint density at radius 2 is 2.44 bits per heavy atom. The van der Waals surface area contributed by atoms with Gasteiger partial charge < -0.3 is 11.1 Å². The van der Waals surface area contributed by atoms with E-state index in [2.05, 4.69) is 17.8 Å². The molecule has 0 bridgehead atoms. The van der Waals surface area contributed by atoms with Gasteiger partial charge in [-0.15, -0.1) is 13.0 Å².